The summed E-state index contributed by atoms with van der Waals surface area (Å²) < 4.78 is 11.7. The molecule has 8 heteroatoms. The molecule has 2 rings (SSSR count). The van der Waals surface area contributed by atoms with E-state index in [1.165, 1.54) is 0 Å². The van der Waals surface area contributed by atoms with Crippen molar-refractivity contribution in [2.24, 2.45) is 0 Å². The van der Waals surface area contributed by atoms with Crippen molar-refractivity contribution in [2.45, 2.75) is 6.92 Å². The molecule has 0 bridgehead atoms. The third kappa shape index (κ3) is 5.76. The normalized spacial score (nSPS) is 10.2. The van der Waals surface area contributed by atoms with E-state index < -0.39 is 0 Å². The Morgan fingerprint density at radius 2 is 1.84 bits per heavy atom. The molecule has 0 spiro atoms. The summed E-state index contributed by atoms with van der Waals surface area (Å²) in [5.41, 5.74) is 0.945. The van der Waals surface area contributed by atoms with Crippen LogP contribution >= 0.6 is 45.8 Å². The van der Waals surface area contributed by atoms with Crippen LogP contribution in [0.3, 0.4) is 0 Å². The number of aldehydes is 1. The lowest BCUT2D eigenvalue weighted by Gasteiger charge is -2.14. The lowest BCUT2D eigenvalue weighted by molar-refractivity contribution is -0.118. The maximum Gasteiger partial charge on any atom is 0.262 e. The highest BCUT2D eigenvalue weighted by atomic mass is 127. The molecule has 0 atom stereocenters. The van der Waals surface area contributed by atoms with E-state index >= 15 is 0 Å². The predicted octanol–water partition coefficient (Wildman–Crippen LogP) is 4.83. The minimum atomic E-state index is -0.379. The van der Waals surface area contributed by atoms with Crippen molar-refractivity contribution in [3.05, 3.63) is 49.5 Å². The second-order valence-electron chi connectivity index (χ2n) is 4.88. The molecule has 0 saturated carbocycles. The number of halogens is 3. The zero-order valence-corrected chi connectivity index (χ0v) is 16.8. The third-order valence-corrected chi connectivity index (χ3v) is 4.20. The molecule has 5 nitrogen and oxygen atoms in total. The number of nitrogens with one attached hydrogen (secondary N) is 1. The molecule has 0 heterocycles. The predicted molar refractivity (Wildman–Crippen MR) is 106 cm³/mol. The van der Waals surface area contributed by atoms with Gasteiger partial charge in [0.2, 0.25) is 0 Å². The Morgan fingerprint density at radius 1 is 1.16 bits per heavy atom. The molecule has 132 valence electrons. The minimum Gasteiger partial charge on any atom is -0.490 e. The summed E-state index contributed by atoms with van der Waals surface area (Å²) in [5, 5.41) is 3.49. The number of hydrogen-bond acceptors (Lipinski definition) is 4. The highest BCUT2D eigenvalue weighted by Crippen LogP contribution is 2.34. The molecule has 0 aliphatic carbocycles. The first-order valence-electron chi connectivity index (χ1n) is 7.23. The largest absolute Gasteiger partial charge is 0.490 e. The van der Waals surface area contributed by atoms with Gasteiger partial charge in [0.05, 0.1) is 10.2 Å². The average Bonchev–Trinajstić information content (AvgIpc) is 2.53. The van der Waals surface area contributed by atoms with Gasteiger partial charge in [-0.2, -0.15) is 0 Å². The lowest BCUT2D eigenvalue weighted by atomic mass is 10.2. The van der Waals surface area contributed by atoms with Crippen LogP contribution in [0.25, 0.3) is 0 Å². The van der Waals surface area contributed by atoms with Gasteiger partial charge < -0.3 is 14.8 Å². The Kier molecular flexibility index (Phi) is 7.34. The van der Waals surface area contributed by atoms with Crippen LogP contribution in [0.1, 0.15) is 17.3 Å². The molecule has 1 N–H and O–H groups in total. The fraction of sp³-hybridized carbons (Fsp3) is 0.176. The molecular formula is C17H14Cl2INO4. The van der Waals surface area contributed by atoms with Crippen molar-refractivity contribution < 1.29 is 19.1 Å². The summed E-state index contributed by atoms with van der Waals surface area (Å²) in [6.45, 7) is 1.99. The van der Waals surface area contributed by atoms with Crippen LogP contribution in [0.4, 0.5) is 5.69 Å². The van der Waals surface area contributed by atoms with Gasteiger partial charge in [-0.15, -0.1) is 0 Å². The van der Waals surface area contributed by atoms with E-state index in [1.807, 2.05) is 29.5 Å². The van der Waals surface area contributed by atoms with Gasteiger partial charge in [-0.1, -0.05) is 23.2 Å². The smallest absolute Gasteiger partial charge is 0.262 e. The summed E-state index contributed by atoms with van der Waals surface area (Å²) in [6, 6.07) is 7.96. The number of anilines is 1. The molecule has 0 unspecified atom stereocenters. The molecule has 0 radical (unpaired) electrons. The van der Waals surface area contributed by atoms with Crippen LogP contribution in [0, 0.1) is 3.57 Å². The minimum absolute atomic E-state index is 0.235. The molecule has 2 aromatic rings. The molecule has 0 aliphatic rings. The second kappa shape index (κ2) is 9.26. The standard InChI is InChI=1S/C17H14Cl2INO4/c1-2-24-15-4-10(8-22)3-14(20)17(15)25-9-16(23)21-13-6-11(18)5-12(19)7-13/h3-8H,2,9H2,1H3,(H,21,23). The second-order valence-corrected chi connectivity index (χ2v) is 6.91. The van der Waals surface area contributed by atoms with E-state index in [-0.39, 0.29) is 12.5 Å². The van der Waals surface area contributed by atoms with Crippen LogP contribution < -0.4 is 14.8 Å². The van der Waals surface area contributed by atoms with Gasteiger partial charge in [-0.05, 0) is 59.8 Å². The number of amides is 1. The van der Waals surface area contributed by atoms with E-state index in [4.69, 9.17) is 32.7 Å². The van der Waals surface area contributed by atoms with Crippen LogP contribution in [-0.4, -0.2) is 25.4 Å². The van der Waals surface area contributed by atoms with E-state index in [0.29, 0.717) is 43.0 Å². The van der Waals surface area contributed by atoms with E-state index in [0.717, 1.165) is 6.29 Å². The molecule has 0 aliphatic heterocycles. The lowest BCUT2D eigenvalue weighted by Crippen LogP contribution is -2.20. The van der Waals surface area contributed by atoms with Crippen LogP contribution in [0.5, 0.6) is 11.5 Å². The molecule has 1 amide bonds. The fourth-order valence-electron chi connectivity index (χ4n) is 2.02. The zero-order chi connectivity index (χ0) is 18.4. The number of carbonyl (C=O) groups is 2. The van der Waals surface area contributed by atoms with Gasteiger partial charge in [0.25, 0.3) is 5.91 Å². The summed E-state index contributed by atoms with van der Waals surface area (Å²) in [6.07, 6.45) is 0.726. The Bertz CT molecular complexity index is 778. The van der Waals surface area contributed by atoms with E-state index in [9.17, 15) is 9.59 Å². The van der Waals surface area contributed by atoms with Gasteiger partial charge in [0, 0.05) is 21.3 Å². The monoisotopic (exact) mass is 493 g/mol. The van der Waals surface area contributed by atoms with Crippen LogP contribution in [0.15, 0.2) is 30.3 Å². The van der Waals surface area contributed by atoms with Crippen LogP contribution in [-0.2, 0) is 4.79 Å². The molecule has 0 aromatic heterocycles. The number of ether oxygens (including phenoxy) is 2. The first-order valence-corrected chi connectivity index (χ1v) is 9.06. The summed E-state index contributed by atoms with van der Waals surface area (Å²) in [7, 11) is 0. The number of benzene rings is 2. The molecular weight excluding hydrogens is 480 g/mol. The topological polar surface area (TPSA) is 64.6 Å². The number of rotatable bonds is 7. The maximum absolute atomic E-state index is 12.1. The van der Waals surface area contributed by atoms with Crippen molar-refractivity contribution >= 4 is 63.7 Å². The summed E-state index contributed by atoms with van der Waals surface area (Å²) in [5.74, 6) is 0.443. The molecule has 0 fully saturated rings. The summed E-state index contributed by atoms with van der Waals surface area (Å²) >= 11 is 13.8. The SMILES string of the molecule is CCOc1cc(C=O)cc(I)c1OCC(=O)Nc1cc(Cl)cc(Cl)c1. The zero-order valence-electron chi connectivity index (χ0n) is 13.1. The molecule has 2 aromatic carbocycles. The van der Waals surface area contributed by atoms with Gasteiger partial charge >= 0.3 is 0 Å². The number of hydrogen-bond donors (Lipinski definition) is 1. The Labute approximate surface area is 168 Å². The quantitative estimate of drug-likeness (QED) is 0.443. The highest BCUT2D eigenvalue weighted by molar-refractivity contribution is 14.1. The Morgan fingerprint density at radius 3 is 2.44 bits per heavy atom. The van der Waals surface area contributed by atoms with Crippen molar-refractivity contribution in [3.8, 4) is 11.5 Å². The van der Waals surface area contributed by atoms with Crippen molar-refractivity contribution in [3.63, 3.8) is 0 Å². The van der Waals surface area contributed by atoms with Crippen LogP contribution in [0.2, 0.25) is 10.0 Å². The first kappa shape index (κ1) is 19.8. The van der Waals surface area contributed by atoms with E-state index in [2.05, 4.69) is 5.32 Å². The van der Waals surface area contributed by atoms with Crippen molar-refractivity contribution in [2.75, 3.05) is 18.5 Å². The highest BCUT2D eigenvalue weighted by Gasteiger charge is 2.14. The van der Waals surface area contributed by atoms with Gasteiger partial charge in [-0.25, -0.2) is 0 Å². The van der Waals surface area contributed by atoms with E-state index in [1.54, 1.807) is 30.3 Å². The maximum atomic E-state index is 12.1. The third-order valence-electron chi connectivity index (χ3n) is 2.96. The van der Waals surface area contributed by atoms with Crippen molar-refractivity contribution in [1.29, 1.82) is 0 Å². The Balaban J connectivity index is 2.09. The molecule has 0 saturated heterocycles. The van der Waals surface area contributed by atoms with Gasteiger partial charge in [0.15, 0.2) is 18.1 Å². The number of carbonyl (C=O) groups excluding carboxylic acids is 2. The van der Waals surface area contributed by atoms with Gasteiger partial charge in [0.1, 0.15) is 6.29 Å². The Hall–Kier alpha value is -1.51. The first-order chi connectivity index (χ1) is 11.9. The van der Waals surface area contributed by atoms with Gasteiger partial charge in [-0.3, -0.25) is 9.59 Å². The van der Waals surface area contributed by atoms with Crippen molar-refractivity contribution in [1.82, 2.24) is 0 Å². The average molecular weight is 494 g/mol. The summed E-state index contributed by atoms with van der Waals surface area (Å²) in [4.78, 5) is 23.1. The molecule has 25 heavy (non-hydrogen) atoms. The fourth-order valence-corrected chi connectivity index (χ4v) is 3.33.